The Morgan fingerprint density at radius 2 is 2.19 bits per heavy atom. The van der Waals surface area contributed by atoms with Gasteiger partial charge in [0.15, 0.2) is 0 Å². The first kappa shape index (κ1) is 9.91. The van der Waals surface area contributed by atoms with E-state index in [1.165, 1.54) is 18.2 Å². The molecule has 0 amide bonds. The van der Waals surface area contributed by atoms with Crippen LogP contribution in [0, 0.1) is 5.92 Å². The summed E-state index contributed by atoms with van der Waals surface area (Å²) in [6.07, 6.45) is 2.78. The Morgan fingerprint density at radius 3 is 2.94 bits per heavy atom. The molecule has 1 heterocycles. The summed E-state index contributed by atoms with van der Waals surface area (Å²) in [6.45, 7) is 3.29. The minimum Gasteiger partial charge on any atom is -0.459 e. The molecule has 2 heteroatoms. The zero-order chi connectivity index (χ0) is 11.0. The van der Waals surface area contributed by atoms with E-state index in [2.05, 4.69) is 24.4 Å². The van der Waals surface area contributed by atoms with E-state index >= 15 is 0 Å². The van der Waals surface area contributed by atoms with Crippen LogP contribution in [0.1, 0.15) is 31.6 Å². The van der Waals surface area contributed by atoms with Gasteiger partial charge in [-0.2, -0.15) is 0 Å². The Bertz CT molecular complexity index is 451. The zero-order valence-electron chi connectivity index (χ0n) is 9.57. The second kappa shape index (κ2) is 3.95. The maximum Gasteiger partial charge on any atom is 0.134 e. The fourth-order valence-corrected chi connectivity index (χ4v) is 1.98. The first-order chi connectivity index (χ1) is 7.83. The van der Waals surface area contributed by atoms with Gasteiger partial charge in [-0.1, -0.05) is 18.2 Å². The van der Waals surface area contributed by atoms with Crippen LogP contribution in [-0.4, -0.2) is 6.54 Å². The molecule has 0 aliphatic heterocycles. The molecule has 2 nitrogen and oxygen atoms in total. The Balaban J connectivity index is 1.76. The Labute approximate surface area is 95.6 Å². The predicted octanol–water partition coefficient (Wildman–Crippen LogP) is 3.49. The molecule has 3 rings (SSSR count). The van der Waals surface area contributed by atoms with Crippen molar-refractivity contribution >= 4 is 11.0 Å². The first-order valence-corrected chi connectivity index (χ1v) is 6.05. The van der Waals surface area contributed by atoms with Gasteiger partial charge in [-0.25, -0.2) is 0 Å². The fraction of sp³-hybridized carbons (Fsp3) is 0.429. The van der Waals surface area contributed by atoms with Crippen molar-refractivity contribution in [1.29, 1.82) is 0 Å². The van der Waals surface area contributed by atoms with Crippen molar-refractivity contribution in [3.63, 3.8) is 0 Å². The van der Waals surface area contributed by atoms with Gasteiger partial charge in [-0.3, -0.25) is 0 Å². The van der Waals surface area contributed by atoms with Crippen molar-refractivity contribution in [2.24, 2.45) is 5.92 Å². The third-order valence-corrected chi connectivity index (χ3v) is 3.28. The molecule has 0 saturated heterocycles. The van der Waals surface area contributed by atoms with Crippen LogP contribution in [0.15, 0.2) is 34.7 Å². The van der Waals surface area contributed by atoms with Crippen LogP contribution in [0.25, 0.3) is 11.0 Å². The Kier molecular flexibility index (Phi) is 2.44. The Hall–Kier alpha value is -1.28. The lowest BCUT2D eigenvalue weighted by atomic mass is 10.2. The van der Waals surface area contributed by atoms with Crippen LogP contribution >= 0.6 is 0 Å². The van der Waals surface area contributed by atoms with Crippen LogP contribution < -0.4 is 5.32 Å². The molecule has 1 unspecified atom stereocenters. The van der Waals surface area contributed by atoms with Gasteiger partial charge in [0.05, 0.1) is 6.04 Å². The maximum absolute atomic E-state index is 5.82. The number of fused-ring (bicyclic) bond motifs is 1. The van der Waals surface area contributed by atoms with Gasteiger partial charge in [0.1, 0.15) is 11.3 Å². The summed E-state index contributed by atoms with van der Waals surface area (Å²) >= 11 is 0. The van der Waals surface area contributed by atoms with E-state index in [9.17, 15) is 0 Å². The number of para-hydroxylation sites is 1. The van der Waals surface area contributed by atoms with E-state index < -0.39 is 0 Å². The highest BCUT2D eigenvalue weighted by atomic mass is 16.3. The van der Waals surface area contributed by atoms with E-state index in [0.717, 1.165) is 23.8 Å². The molecule has 1 aromatic carbocycles. The van der Waals surface area contributed by atoms with E-state index in [-0.39, 0.29) is 0 Å². The number of rotatable bonds is 4. The molecule has 1 fully saturated rings. The third-order valence-electron chi connectivity index (χ3n) is 3.28. The molecule has 1 saturated carbocycles. The summed E-state index contributed by atoms with van der Waals surface area (Å²) in [6, 6.07) is 10.6. The Morgan fingerprint density at radius 1 is 1.38 bits per heavy atom. The summed E-state index contributed by atoms with van der Waals surface area (Å²) in [5, 5.41) is 4.72. The molecule has 1 N–H and O–H groups in total. The minimum absolute atomic E-state index is 0.313. The molecule has 1 aliphatic carbocycles. The second-order valence-corrected chi connectivity index (χ2v) is 4.76. The average Bonchev–Trinajstić information content (AvgIpc) is 3.02. The van der Waals surface area contributed by atoms with Gasteiger partial charge < -0.3 is 9.73 Å². The van der Waals surface area contributed by atoms with E-state index in [1.54, 1.807) is 0 Å². The summed E-state index contributed by atoms with van der Waals surface area (Å²) in [7, 11) is 0. The topological polar surface area (TPSA) is 25.2 Å². The first-order valence-electron chi connectivity index (χ1n) is 6.05. The van der Waals surface area contributed by atoms with E-state index in [4.69, 9.17) is 4.42 Å². The minimum atomic E-state index is 0.313. The van der Waals surface area contributed by atoms with Gasteiger partial charge in [0, 0.05) is 5.39 Å². The molecule has 0 bridgehead atoms. The van der Waals surface area contributed by atoms with Crippen molar-refractivity contribution < 1.29 is 4.42 Å². The van der Waals surface area contributed by atoms with E-state index in [1.807, 2.05) is 18.2 Å². The lowest BCUT2D eigenvalue weighted by Gasteiger charge is -2.09. The third kappa shape index (κ3) is 1.98. The van der Waals surface area contributed by atoms with Crippen LogP contribution in [0.5, 0.6) is 0 Å². The monoisotopic (exact) mass is 215 g/mol. The summed E-state index contributed by atoms with van der Waals surface area (Å²) in [4.78, 5) is 0. The zero-order valence-corrected chi connectivity index (χ0v) is 9.57. The molecule has 2 aromatic rings. The molecule has 1 aromatic heterocycles. The van der Waals surface area contributed by atoms with Crippen molar-refractivity contribution in [3.8, 4) is 0 Å². The van der Waals surface area contributed by atoms with Crippen LogP contribution in [-0.2, 0) is 0 Å². The normalized spacial score (nSPS) is 17.8. The smallest absolute Gasteiger partial charge is 0.134 e. The number of hydrogen-bond donors (Lipinski definition) is 1. The largest absolute Gasteiger partial charge is 0.459 e. The number of furan rings is 1. The molecular weight excluding hydrogens is 198 g/mol. The van der Waals surface area contributed by atoms with Gasteiger partial charge in [0.2, 0.25) is 0 Å². The molecule has 16 heavy (non-hydrogen) atoms. The quantitative estimate of drug-likeness (QED) is 0.844. The number of hydrogen-bond acceptors (Lipinski definition) is 2. The average molecular weight is 215 g/mol. The van der Waals surface area contributed by atoms with Gasteiger partial charge >= 0.3 is 0 Å². The van der Waals surface area contributed by atoms with Crippen molar-refractivity contribution in [2.75, 3.05) is 6.54 Å². The van der Waals surface area contributed by atoms with Gasteiger partial charge in [0.25, 0.3) is 0 Å². The highest BCUT2D eigenvalue weighted by molar-refractivity contribution is 5.77. The molecule has 0 spiro atoms. The molecule has 1 atom stereocenters. The van der Waals surface area contributed by atoms with Crippen LogP contribution in [0.3, 0.4) is 0 Å². The second-order valence-electron chi connectivity index (χ2n) is 4.76. The molecule has 1 aliphatic rings. The fourth-order valence-electron chi connectivity index (χ4n) is 1.98. The summed E-state index contributed by atoms with van der Waals surface area (Å²) in [5.41, 5.74) is 0.984. The van der Waals surface area contributed by atoms with Crippen molar-refractivity contribution in [1.82, 2.24) is 5.32 Å². The lowest BCUT2D eigenvalue weighted by Crippen LogP contribution is -2.20. The highest BCUT2D eigenvalue weighted by Crippen LogP contribution is 2.29. The van der Waals surface area contributed by atoms with Crippen LogP contribution in [0.2, 0.25) is 0 Å². The van der Waals surface area contributed by atoms with Gasteiger partial charge in [-0.15, -0.1) is 0 Å². The molecule has 0 radical (unpaired) electrons. The highest BCUT2D eigenvalue weighted by Gasteiger charge is 2.22. The molecular formula is C14H17NO. The number of benzene rings is 1. The summed E-state index contributed by atoms with van der Waals surface area (Å²) in [5.74, 6) is 1.95. The maximum atomic E-state index is 5.82. The summed E-state index contributed by atoms with van der Waals surface area (Å²) < 4.78 is 5.82. The lowest BCUT2D eigenvalue weighted by molar-refractivity contribution is 0.445. The SMILES string of the molecule is CC(NCC1CC1)c1cc2ccccc2o1. The van der Waals surface area contributed by atoms with Crippen molar-refractivity contribution in [2.45, 2.75) is 25.8 Å². The van der Waals surface area contributed by atoms with Gasteiger partial charge in [-0.05, 0) is 44.4 Å². The van der Waals surface area contributed by atoms with Crippen LogP contribution in [0.4, 0.5) is 0 Å². The predicted molar refractivity (Wildman–Crippen MR) is 65.4 cm³/mol. The standard InChI is InChI=1S/C14H17NO/c1-10(15-9-11-6-7-11)14-8-12-4-2-3-5-13(12)16-14/h2-5,8,10-11,15H,6-7,9H2,1H3. The van der Waals surface area contributed by atoms with E-state index in [0.29, 0.717) is 6.04 Å². The molecule has 84 valence electrons. The number of nitrogens with one attached hydrogen (secondary N) is 1. The van der Waals surface area contributed by atoms with Crippen molar-refractivity contribution in [3.05, 3.63) is 36.1 Å².